The van der Waals surface area contributed by atoms with Crippen molar-refractivity contribution in [2.24, 2.45) is 0 Å². The van der Waals surface area contributed by atoms with Crippen LogP contribution in [0.1, 0.15) is 38.9 Å². The zero-order chi connectivity index (χ0) is 13.4. The Hall–Kier alpha value is -1.43. The number of likely N-dealkylation sites (N-methyl/N-ethyl adjacent to an activating group) is 2. The predicted octanol–water partition coefficient (Wildman–Crippen LogP) is 0.980. The highest BCUT2D eigenvalue weighted by Gasteiger charge is 2.13. The molecule has 18 heavy (non-hydrogen) atoms. The number of carbonyl (C=O) groups is 1. The Morgan fingerprint density at radius 3 is 2.78 bits per heavy atom. The van der Waals surface area contributed by atoms with E-state index in [1.54, 1.807) is 0 Å². The molecule has 0 atom stereocenters. The second-order valence-electron chi connectivity index (χ2n) is 4.11. The zero-order valence-electron chi connectivity index (χ0n) is 11.4. The normalized spacial score (nSPS) is 10.9. The Morgan fingerprint density at radius 1 is 1.39 bits per heavy atom. The van der Waals surface area contributed by atoms with E-state index in [-0.39, 0.29) is 5.91 Å². The van der Waals surface area contributed by atoms with E-state index in [0.29, 0.717) is 25.5 Å². The molecule has 0 aliphatic rings. The molecule has 1 rings (SSSR count). The fourth-order valence-corrected chi connectivity index (χ4v) is 1.61. The van der Waals surface area contributed by atoms with Crippen LogP contribution in [0.5, 0.6) is 0 Å². The first-order chi connectivity index (χ1) is 8.69. The van der Waals surface area contributed by atoms with Gasteiger partial charge in [-0.1, -0.05) is 19.0 Å². The maximum Gasteiger partial charge on any atom is 0.240 e. The number of rotatable bonds is 8. The van der Waals surface area contributed by atoms with E-state index in [4.69, 9.17) is 4.52 Å². The Bertz CT molecular complexity index is 365. The Balaban J connectivity index is 2.48. The van der Waals surface area contributed by atoms with E-state index >= 15 is 0 Å². The summed E-state index contributed by atoms with van der Waals surface area (Å²) < 4.78 is 5.16. The minimum atomic E-state index is 0.0210. The van der Waals surface area contributed by atoms with Gasteiger partial charge in [-0.3, -0.25) is 9.69 Å². The van der Waals surface area contributed by atoms with E-state index in [2.05, 4.69) is 22.4 Å². The van der Waals surface area contributed by atoms with Crippen molar-refractivity contribution in [3.63, 3.8) is 0 Å². The van der Waals surface area contributed by atoms with Gasteiger partial charge in [0.1, 0.15) is 0 Å². The van der Waals surface area contributed by atoms with E-state index in [1.165, 1.54) is 0 Å². The monoisotopic (exact) mass is 254 g/mol. The zero-order valence-corrected chi connectivity index (χ0v) is 11.4. The summed E-state index contributed by atoms with van der Waals surface area (Å²) in [7, 11) is 0. The summed E-state index contributed by atoms with van der Waals surface area (Å²) in [5, 5.41) is 6.67. The highest BCUT2D eigenvalue weighted by molar-refractivity contribution is 5.77. The van der Waals surface area contributed by atoms with Crippen molar-refractivity contribution in [2.45, 2.75) is 40.2 Å². The third kappa shape index (κ3) is 4.83. The topological polar surface area (TPSA) is 71.3 Å². The van der Waals surface area contributed by atoms with Crippen molar-refractivity contribution in [1.29, 1.82) is 0 Å². The summed E-state index contributed by atoms with van der Waals surface area (Å²) in [6.07, 6.45) is 1.82. The van der Waals surface area contributed by atoms with Gasteiger partial charge in [0.05, 0.1) is 13.1 Å². The second kappa shape index (κ2) is 7.81. The molecule has 6 nitrogen and oxygen atoms in total. The lowest BCUT2D eigenvalue weighted by atomic mass is 10.3. The quantitative estimate of drug-likeness (QED) is 0.748. The lowest BCUT2D eigenvalue weighted by Crippen LogP contribution is -2.36. The van der Waals surface area contributed by atoms with E-state index in [0.717, 1.165) is 25.2 Å². The fourth-order valence-electron chi connectivity index (χ4n) is 1.61. The SMILES string of the molecule is CCCc1noc(CN(CC)CC(=O)NCC)n1. The van der Waals surface area contributed by atoms with Crippen LogP contribution in [-0.4, -0.2) is 40.6 Å². The van der Waals surface area contributed by atoms with Crippen LogP contribution in [0.3, 0.4) is 0 Å². The smallest absolute Gasteiger partial charge is 0.240 e. The summed E-state index contributed by atoms with van der Waals surface area (Å²) >= 11 is 0. The fraction of sp³-hybridized carbons (Fsp3) is 0.750. The molecule has 0 aromatic carbocycles. The Morgan fingerprint density at radius 2 is 2.17 bits per heavy atom. The molecule has 0 fully saturated rings. The van der Waals surface area contributed by atoms with Crippen LogP contribution < -0.4 is 5.32 Å². The molecule has 1 N–H and O–H groups in total. The molecule has 1 heterocycles. The van der Waals surface area contributed by atoms with Gasteiger partial charge in [-0.15, -0.1) is 0 Å². The molecular weight excluding hydrogens is 232 g/mol. The van der Waals surface area contributed by atoms with Crippen molar-refractivity contribution in [1.82, 2.24) is 20.4 Å². The minimum absolute atomic E-state index is 0.0210. The first-order valence-electron chi connectivity index (χ1n) is 6.50. The number of nitrogens with one attached hydrogen (secondary N) is 1. The summed E-state index contributed by atoms with van der Waals surface area (Å²) in [6.45, 7) is 8.27. The molecule has 0 aliphatic heterocycles. The molecule has 0 saturated carbocycles. The molecule has 102 valence electrons. The molecule has 0 spiro atoms. The van der Waals surface area contributed by atoms with Crippen LogP contribution in [0.2, 0.25) is 0 Å². The molecule has 1 aromatic rings. The number of amides is 1. The molecule has 6 heteroatoms. The molecule has 0 radical (unpaired) electrons. The second-order valence-corrected chi connectivity index (χ2v) is 4.11. The van der Waals surface area contributed by atoms with Gasteiger partial charge in [0.15, 0.2) is 5.82 Å². The van der Waals surface area contributed by atoms with Crippen molar-refractivity contribution >= 4 is 5.91 Å². The van der Waals surface area contributed by atoms with Crippen LogP contribution in [0.4, 0.5) is 0 Å². The first kappa shape index (κ1) is 14.6. The first-order valence-corrected chi connectivity index (χ1v) is 6.50. The average Bonchev–Trinajstić information content (AvgIpc) is 2.76. The lowest BCUT2D eigenvalue weighted by molar-refractivity contribution is -0.122. The van der Waals surface area contributed by atoms with Gasteiger partial charge < -0.3 is 9.84 Å². The van der Waals surface area contributed by atoms with Crippen LogP contribution >= 0.6 is 0 Å². The van der Waals surface area contributed by atoms with Gasteiger partial charge in [-0.2, -0.15) is 4.98 Å². The molecule has 0 saturated heterocycles. The van der Waals surface area contributed by atoms with Crippen molar-refractivity contribution in [3.05, 3.63) is 11.7 Å². The molecular formula is C12H22N4O2. The van der Waals surface area contributed by atoms with Crippen LogP contribution in [0.25, 0.3) is 0 Å². The average molecular weight is 254 g/mol. The molecule has 1 amide bonds. The third-order valence-corrected chi connectivity index (χ3v) is 2.53. The minimum Gasteiger partial charge on any atom is -0.355 e. The van der Waals surface area contributed by atoms with E-state index in [9.17, 15) is 4.79 Å². The number of carbonyl (C=O) groups excluding carboxylic acids is 1. The van der Waals surface area contributed by atoms with Gasteiger partial charge in [0.2, 0.25) is 11.8 Å². The van der Waals surface area contributed by atoms with Crippen LogP contribution in [-0.2, 0) is 17.8 Å². The number of aryl methyl sites for hydroxylation is 1. The molecule has 0 bridgehead atoms. The summed E-state index contributed by atoms with van der Waals surface area (Å²) in [5.74, 6) is 1.33. The Labute approximate surface area is 108 Å². The third-order valence-electron chi connectivity index (χ3n) is 2.53. The van der Waals surface area contributed by atoms with Gasteiger partial charge >= 0.3 is 0 Å². The Kier molecular flexibility index (Phi) is 6.35. The van der Waals surface area contributed by atoms with E-state index < -0.39 is 0 Å². The van der Waals surface area contributed by atoms with Gasteiger partial charge in [0, 0.05) is 13.0 Å². The summed E-state index contributed by atoms with van der Waals surface area (Å²) in [4.78, 5) is 17.7. The van der Waals surface area contributed by atoms with Gasteiger partial charge in [0.25, 0.3) is 0 Å². The molecule has 0 aliphatic carbocycles. The number of aromatic nitrogens is 2. The van der Waals surface area contributed by atoms with Crippen molar-refractivity contribution < 1.29 is 9.32 Å². The van der Waals surface area contributed by atoms with Crippen LogP contribution in [0, 0.1) is 0 Å². The highest BCUT2D eigenvalue weighted by Crippen LogP contribution is 2.04. The van der Waals surface area contributed by atoms with Crippen LogP contribution in [0.15, 0.2) is 4.52 Å². The molecule has 1 aromatic heterocycles. The van der Waals surface area contributed by atoms with Gasteiger partial charge in [-0.25, -0.2) is 0 Å². The lowest BCUT2D eigenvalue weighted by Gasteiger charge is -2.17. The van der Waals surface area contributed by atoms with Crippen molar-refractivity contribution in [3.8, 4) is 0 Å². The molecule has 0 unspecified atom stereocenters. The summed E-state index contributed by atoms with van der Waals surface area (Å²) in [6, 6.07) is 0. The maximum atomic E-state index is 11.5. The number of hydrogen-bond donors (Lipinski definition) is 1. The maximum absolute atomic E-state index is 11.5. The highest BCUT2D eigenvalue weighted by atomic mass is 16.5. The van der Waals surface area contributed by atoms with E-state index in [1.807, 2.05) is 18.7 Å². The van der Waals surface area contributed by atoms with Crippen molar-refractivity contribution in [2.75, 3.05) is 19.6 Å². The predicted molar refractivity (Wildman–Crippen MR) is 67.9 cm³/mol. The standard InChI is InChI=1S/C12H22N4O2/c1-4-7-10-14-12(18-15-10)9-16(6-3)8-11(17)13-5-2/h4-9H2,1-3H3,(H,13,17). The number of nitrogens with zero attached hydrogens (tertiary/aromatic N) is 3. The number of hydrogen-bond acceptors (Lipinski definition) is 5. The largest absolute Gasteiger partial charge is 0.355 e. The summed E-state index contributed by atoms with van der Waals surface area (Å²) in [5.41, 5.74) is 0. The van der Waals surface area contributed by atoms with Gasteiger partial charge in [-0.05, 0) is 19.9 Å².